The van der Waals surface area contributed by atoms with Crippen molar-refractivity contribution in [1.29, 1.82) is 0 Å². The lowest BCUT2D eigenvalue weighted by molar-refractivity contribution is 0.228. The minimum absolute atomic E-state index is 0.214. The number of hydrogen-bond acceptors (Lipinski definition) is 7. The van der Waals surface area contributed by atoms with Gasteiger partial charge in [-0.3, -0.25) is 4.90 Å². The van der Waals surface area contributed by atoms with E-state index in [9.17, 15) is 0 Å². The third kappa shape index (κ3) is 3.47. The van der Waals surface area contributed by atoms with Gasteiger partial charge in [-0.05, 0) is 52.3 Å². The fourth-order valence-electron chi connectivity index (χ4n) is 3.67. The van der Waals surface area contributed by atoms with Gasteiger partial charge in [-0.2, -0.15) is 0 Å². The van der Waals surface area contributed by atoms with Crippen LogP contribution in [-0.2, 0) is 6.54 Å². The fraction of sp³-hybridized carbons (Fsp3) is 0.450. The molecule has 1 fully saturated rings. The van der Waals surface area contributed by atoms with Crippen molar-refractivity contribution in [3.05, 3.63) is 47.1 Å². The van der Waals surface area contributed by atoms with Crippen molar-refractivity contribution < 1.29 is 13.8 Å². The van der Waals surface area contributed by atoms with E-state index >= 15 is 0 Å². The first kappa shape index (κ1) is 17.7. The Morgan fingerprint density at radius 3 is 2.85 bits per heavy atom. The number of nitrogens with zero attached hydrogens (tertiary/aromatic N) is 4. The van der Waals surface area contributed by atoms with Crippen molar-refractivity contribution in [3.8, 4) is 17.2 Å². The lowest BCUT2D eigenvalue weighted by Crippen LogP contribution is -2.24. The Balaban J connectivity index is 1.58. The topological polar surface area (TPSA) is 77.4 Å². The number of rotatable bonds is 6. The van der Waals surface area contributed by atoms with Crippen molar-refractivity contribution in [3.63, 3.8) is 0 Å². The molecule has 0 bridgehead atoms. The van der Waals surface area contributed by atoms with E-state index in [2.05, 4.69) is 15.2 Å². The molecule has 142 valence electrons. The smallest absolute Gasteiger partial charge is 0.230 e. The number of oxazole rings is 1. The van der Waals surface area contributed by atoms with Crippen molar-refractivity contribution in [2.45, 2.75) is 46.2 Å². The molecule has 0 N–H and O–H groups in total. The number of ether oxygens (including phenoxy) is 1. The number of benzene rings is 1. The first-order valence-corrected chi connectivity index (χ1v) is 9.39. The van der Waals surface area contributed by atoms with E-state index in [-0.39, 0.29) is 6.04 Å². The van der Waals surface area contributed by atoms with E-state index in [0.29, 0.717) is 19.0 Å². The Bertz CT molecular complexity index is 918. The summed E-state index contributed by atoms with van der Waals surface area (Å²) in [5, 5.41) is 8.04. The minimum atomic E-state index is 0.214. The maximum Gasteiger partial charge on any atom is 0.230 e. The van der Waals surface area contributed by atoms with Gasteiger partial charge in [0.1, 0.15) is 22.9 Å². The van der Waals surface area contributed by atoms with Crippen molar-refractivity contribution in [2.75, 3.05) is 13.2 Å². The van der Waals surface area contributed by atoms with Crippen molar-refractivity contribution in [1.82, 2.24) is 20.2 Å². The Kier molecular flexibility index (Phi) is 4.94. The van der Waals surface area contributed by atoms with E-state index in [0.717, 1.165) is 53.5 Å². The molecule has 4 rings (SSSR count). The zero-order valence-electron chi connectivity index (χ0n) is 15.9. The number of likely N-dealkylation sites (tertiary alicyclic amines) is 1. The summed E-state index contributed by atoms with van der Waals surface area (Å²) >= 11 is 0. The molecule has 3 aromatic rings. The monoisotopic (exact) mass is 368 g/mol. The van der Waals surface area contributed by atoms with Gasteiger partial charge in [-0.15, -0.1) is 0 Å². The van der Waals surface area contributed by atoms with Crippen LogP contribution in [0.25, 0.3) is 11.5 Å². The lowest BCUT2D eigenvalue weighted by atomic mass is 10.1. The van der Waals surface area contributed by atoms with Crippen LogP contribution in [0.4, 0.5) is 0 Å². The largest absolute Gasteiger partial charge is 0.493 e. The third-order valence-corrected chi connectivity index (χ3v) is 5.03. The van der Waals surface area contributed by atoms with Gasteiger partial charge in [-0.25, -0.2) is 9.61 Å². The highest BCUT2D eigenvalue weighted by Crippen LogP contribution is 2.35. The van der Waals surface area contributed by atoms with Gasteiger partial charge >= 0.3 is 0 Å². The normalized spacial score (nSPS) is 17.5. The highest BCUT2D eigenvalue weighted by atomic mass is 16.6. The first-order valence-electron chi connectivity index (χ1n) is 9.39. The average molecular weight is 368 g/mol. The highest BCUT2D eigenvalue weighted by Gasteiger charge is 2.31. The molecular weight excluding hydrogens is 344 g/mol. The molecule has 2 aromatic heterocycles. The Labute approximate surface area is 158 Å². The third-order valence-electron chi connectivity index (χ3n) is 5.03. The zero-order chi connectivity index (χ0) is 18.8. The second-order valence-corrected chi connectivity index (χ2v) is 6.81. The fourth-order valence-corrected chi connectivity index (χ4v) is 3.67. The molecule has 0 amide bonds. The van der Waals surface area contributed by atoms with E-state index in [1.54, 1.807) is 0 Å². The molecule has 7 nitrogen and oxygen atoms in total. The van der Waals surface area contributed by atoms with Crippen LogP contribution in [0.5, 0.6) is 5.75 Å². The van der Waals surface area contributed by atoms with Gasteiger partial charge in [0.25, 0.3) is 0 Å². The highest BCUT2D eigenvalue weighted by molar-refractivity contribution is 5.63. The molecular formula is C20H24N4O3. The van der Waals surface area contributed by atoms with E-state index in [4.69, 9.17) is 18.8 Å². The molecule has 3 heterocycles. The average Bonchev–Trinajstić information content (AvgIpc) is 3.37. The van der Waals surface area contributed by atoms with Gasteiger partial charge in [0.2, 0.25) is 5.89 Å². The molecule has 27 heavy (non-hydrogen) atoms. The SMILES string of the molecule is CCOc1ccccc1-c1nc(CN2CCC[C@H]2c2nonc2C)c(C)o1. The van der Waals surface area contributed by atoms with Gasteiger partial charge in [0.05, 0.1) is 23.9 Å². The van der Waals surface area contributed by atoms with Gasteiger partial charge in [0, 0.05) is 6.54 Å². The van der Waals surface area contributed by atoms with Crippen LogP contribution in [0.2, 0.25) is 0 Å². The van der Waals surface area contributed by atoms with Crippen LogP contribution in [0.3, 0.4) is 0 Å². The van der Waals surface area contributed by atoms with Gasteiger partial charge in [-0.1, -0.05) is 22.4 Å². The van der Waals surface area contributed by atoms with Crippen LogP contribution in [-0.4, -0.2) is 33.3 Å². The summed E-state index contributed by atoms with van der Waals surface area (Å²) in [6.07, 6.45) is 2.17. The molecule has 0 aliphatic carbocycles. The summed E-state index contributed by atoms with van der Waals surface area (Å²) in [5.74, 6) is 2.22. The number of para-hydroxylation sites is 1. The molecule has 1 aliphatic heterocycles. The van der Waals surface area contributed by atoms with Crippen molar-refractivity contribution in [2.24, 2.45) is 0 Å². The van der Waals surface area contributed by atoms with E-state index in [1.165, 1.54) is 0 Å². The van der Waals surface area contributed by atoms with E-state index < -0.39 is 0 Å². The molecule has 0 unspecified atom stereocenters. The molecule has 0 spiro atoms. The van der Waals surface area contributed by atoms with Crippen LogP contribution in [0, 0.1) is 13.8 Å². The molecule has 0 radical (unpaired) electrons. The maximum absolute atomic E-state index is 5.98. The number of aryl methyl sites for hydroxylation is 2. The first-order chi connectivity index (χ1) is 13.2. The predicted octanol–water partition coefficient (Wildman–Crippen LogP) is 4.08. The summed E-state index contributed by atoms with van der Waals surface area (Å²) in [7, 11) is 0. The van der Waals surface area contributed by atoms with Gasteiger partial charge < -0.3 is 9.15 Å². The second-order valence-electron chi connectivity index (χ2n) is 6.81. The summed E-state index contributed by atoms with van der Waals surface area (Å²) in [4.78, 5) is 7.15. The summed E-state index contributed by atoms with van der Waals surface area (Å²) < 4.78 is 16.6. The summed E-state index contributed by atoms with van der Waals surface area (Å²) in [6, 6.07) is 8.05. The second kappa shape index (κ2) is 7.52. The minimum Gasteiger partial charge on any atom is -0.493 e. The molecule has 1 aliphatic rings. The number of aromatic nitrogens is 3. The number of hydrogen-bond donors (Lipinski definition) is 0. The molecule has 1 aromatic carbocycles. The summed E-state index contributed by atoms with van der Waals surface area (Å²) in [6.45, 7) is 8.17. The van der Waals surface area contributed by atoms with Crippen molar-refractivity contribution >= 4 is 0 Å². The molecule has 1 saturated heterocycles. The lowest BCUT2D eigenvalue weighted by Gasteiger charge is -2.21. The summed E-state index contributed by atoms with van der Waals surface area (Å²) in [5.41, 5.74) is 3.60. The van der Waals surface area contributed by atoms with Crippen LogP contribution in [0.1, 0.15) is 48.6 Å². The standard InChI is InChI=1S/C20H24N4O3/c1-4-25-18-10-6-5-8-15(18)20-21-16(14(3)26-20)12-24-11-7-9-17(24)19-13(2)22-27-23-19/h5-6,8,10,17H,4,7,9,11-12H2,1-3H3/t17-/m0/s1. The Hall–Kier alpha value is -2.67. The molecule has 1 atom stereocenters. The van der Waals surface area contributed by atoms with Crippen LogP contribution >= 0.6 is 0 Å². The Morgan fingerprint density at radius 1 is 1.22 bits per heavy atom. The van der Waals surface area contributed by atoms with Crippen LogP contribution < -0.4 is 4.74 Å². The predicted molar refractivity (Wildman–Crippen MR) is 99.3 cm³/mol. The molecule has 7 heteroatoms. The zero-order valence-corrected chi connectivity index (χ0v) is 15.9. The van der Waals surface area contributed by atoms with Crippen LogP contribution in [0.15, 0.2) is 33.3 Å². The van der Waals surface area contributed by atoms with Gasteiger partial charge in [0.15, 0.2) is 0 Å². The maximum atomic E-state index is 5.98. The Morgan fingerprint density at radius 2 is 2.07 bits per heavy atom. The van der Waals surface area contributed by atoms with E-state index in [1.807, 2.05) is 45.0 Å². The molecule has 0 saturated carbocycles. The quantitative estimate of drug-likeness (QED) is 0.649.